The zero-order chi connectivity index (χ0) is 13.4. The topological polar surface area (TPSA) is 35.5 Å². The van der Waals surface area contributed by atoms with Gasteiger partial charge in [0, 0.05) is 7.11 Å². The van der Waals surface area contributed by atoms with Gasteiger partial charge in [-0.2, -0.15) is 0 Å². The minimum absolute atomic E-state index is 0.132. The number of carbonyl (C=O) groups is 1. The minimum atomic E-state index is -0.584. The van der Waals surface area contributed by atoms with E-state index in [-0.39, 0.29) is 5.78 Å². The Labute approximate surface area is 111 Å². The van der Waals surface area contributed by atoms with E-state index in [1.54, 1.807) is 13.2 Å². The average molecular weight is 254 g/mol. The van der Waals surface area contributed by atoms with Crippen LogP contribution in [0.15, 0.2) is 42.2 Å². The number of fused-ring (bicyclic) bond motifs is 2. The zero-order valence-corrected chi connectivity index (χ0v) is 10.8. The molecule has 0 fully saturated rings. The summed E-state index contributed by atoms with van der Waals surface area (Å²) in [6.07, 6.45) is 1.19. The Morgan fingerprint density at radius 3 is 2.37 bits per heavy atom. The van der Waals surface area contributed by atoms with E-state index in [1.807, 2.05) is 30.3 Å². The van der Waals surface area contributed by atoms with Gasteiger partial charge in [-0.15, -0.1) is 0 Å². The van der Waals surface area contributed by atoms with Gasteiger partial charge in [-0.3, -0.25) is 4.79 Å². The van der Waals surface area contributed by atoms with E-state index in [4.69, 9.17) is 9.47 Å². The molecule has 1 atom stereocenters. The predicted octanol–water partition coefficient (Wildman–Crippen LogP) is 3.10. The van der Waals surface area contributed by atoms with E-state index in [0.29, 0.717) is 5.76 Å². The summed E-state index contributed by atoms with van der Waals surface area (Å²) in [5.74, 6) is 0.211. The van der Waals surface area contributed by atoms with Crippen LogP contribution in [0, 0.1) is 0 Å². The summed E-state index contributed by atoms with van der Waals surface area (Å²) >= 11 is 0. The Morgan fingerprint density at radius 2 is 1.74 bits per heavy atom. The number of ether oxygens (including phenoxy) is 2. The predicted molar refractivity (Wildman–Crippen MR) is 73.7 cm³/mol. The number of hydrogen-bond acceptors (Lipinski definition) is 3. The fourth-order valence-electron chi connectivity index (χ4n) is 2.50. The van der Waals surface area contributed by atoms with Crippen LogP contribution in [-0.4, -0.2) is 20.0 Å². The molecule has 0 heterocycles. The summed E-state index contributed by atoms with van der Waals surface area (Å²) in [4.78, 5) is 12.2. The molecule has 2 aromatic rings. The van der Waals surface area contributed by atoms with E-state index in [1.165, 1.54) is 7.11 Å². The summed E-state index contributed by atoms with van der Waals surface area (Å²) in [6.45, 7) is 0. The van der Waals surface area contributed by atoms with Gasteiger partial charge >= 0.3 is 0 Å². The van der Waals surface area contributed by atoms with Crippen molar-refractivity contribution < 1.29 is 14.3 Å². The molecule has 1 aliphatic carbocycles. The molecular weight excluding hydrogens is 240 g/mol. The molecule has 3 heteroatoms. The molecule has 19 heavy (non-hydrogen) atoms. The normalized spacial score (nSPS) is 18.1. The highest BCUT2D eigenvalue weighted by Crippen LogP contribution is 2.34. The number of benzene rings is 2. The van der Waals surface area contributed by atoms with Crippen molar-refractivity contribution in [3.05, 3.63) is 53.3 Å². The highest BCUT2D eigenvalue weighted by Gasteiger charge is 2.30. The van der Waals surface area contributed by atoms with Crippen molar-refractivity contribution in [3.8, 4) is 0 Å². The fourth-order valence-corrected chi connectivity index (χ4v) is 2.50. The Morgan fingerprint density at radius 1 is 1.05 bits per heavy atom. The third-order valence-corrected chi connectivity index (χ3v) is 3.46. The van der Waals surface area contributed by atoms with Crippen molar-refractivity contribution in [2.24, 2.45) is 0 Å². The van der Waals surface area contributed by atoms with Crippen molar-refractivity contribution >= 4 is 22.6 Å². The Balaban J connectivity index is 2.28. The van der Waals surface area contributed by atoms with E-state index in [2.05, 4.69) is 6.07 Å². The first-order chi connectivity index (χ1) is 9.24. The quantitative estimate of drug-likeness (QED) is 0.826. The second kappa shape index (κ2) is 4.52. The summed E-state index contributed by atoms with van der Waals surface area (Å²) in [6, 6.07) is 12.1. The first-order valence-corrected chi connectivity index (χ1v) is 6.10. The van der Waals surface area contributed by atoms with Crippen molar-refractivity contribution in [2.75, 3.05) is 14.2 Å². The first kappa shape index (κ1) is 11.9. The standard InChI is InChI=1S/C16H14O3/c1-18-14-9-12-7-10-5-3-4-6-11(10)8-13(12)16(19-2)15(14)17/h3-9,16H,1-2H3. The second-order valence-corrected chi connectivity index (χ2v) is 4.52. The van der Waals surface area contributed by atoms with Crippen molar-refractivity contribution in [1.82, 2.24) is 0 Å². The largest absolute Gasteiger partial charge is 0.493 e. The summed E-state index contributed by atoms with van der Waals surface area (Å²) in [5.41, 5.74) is 1.87. The molecule has 1 unspecified atom stereocenters. The van der Waals surface area contributed by atoms with Crippen LogP contribution in [0.2, 0.25) is 0 Å². The van der Waals surface area contributed by atoms with Crippen molar-refractivity contribution in [1.29, 1.82) is 0 Å². The van der Waals surface area contributed by atoms with Crippen LogP contribution < -0.4 is 0 Å². The molecule has 0 saturated carbocycles. The fraction of sp³-hybridized carbons (Fsp3) is 0.188. The molecule has 0 amide bonds. The maximum Gasteiger partial charge on any atom is 0.230 e. The van der Waals surface area contributed by atoms with Gasteiger partial charge in [0.15, 0.2) is 5.76 Å². The lowest BCUT2D eigenvalue weighted by atomic mass is 9.90. The molecule has 3 nitrogen and oxygen atoms in total. The molecule has 3 rings (SSSR count). The lowest BCUT2D eigenvalue weighted by Gasteiger charge is -2.23. The number of carbonyl (C=O) groups excluding carboxylic acids is 1. The van der Waals surface area contributed by atoms with Gasteiger partial charge in [-0.1, -0.05) is 24.3 Å². The zero-order valence-electron chi connectivity index (χ0n) is 10.8. The Hall–Kier alpha value is -2.13. The third kappa shape index (κ3) is 1.83. The lowest BCUT2D eigenvalue weighted by Crippen LogP contribution is -2.22. The SMILES string of the molecule is COC1=Cc2cc3ccccc3cc2C(OC)C1=O. The molecule has 0 bridgehead atoms. The maximum absolute atomic E-state index is 12.2. The maximum atomic E-state index is 12.2. The van der Waals surface area contributed by atoms with Crippen LogP contribution in [-0.2, 0) is 14.3 Å². The van der Waals surface area contributed by atoms with Crippen LogP contribution in [0.25, 0.3) is 16.8 Å². The lowest BCUT2D eigenvalue weighted by molar-refractivity contribution is -0.128. The molecule has 96 valence electrons. The molecule has 0 aliphatic heterocycles. The average Bonchev–Trinajstić information content (AvgIpc) is 2.45. The van der Waals surface area contributed by atoms with Crippen LogP contribution in [0.3, 0.4) is 0 Å². The molecule has 2 aromatic carbocycles. The van der Waals surface area contributed by atoms with E-state index in [9.17, 15) is 4.79 Å². The van der Waals surface area contributed by atoms with Gasteiger partial charge in [0.05, 0.1) is 7.11 Å². The third-order valence-electron chi connectivity index (χ3n) is 3.46. The highest BCUT2D eigenvalue weighted by molar-refractivity contribution is 6.05. The molecule has 0 saturated heterocycles. The van der Waals surface area contributed by atoms with Gasteiger partial charge < -0.3 is 9.47 Å². The van der Waals surface area contributed by atoms with Crippen molar-refractivity contribution in [2.45, 2.75) is 6.10 Å². The first-order valence-electron chi connectivity index (χ1n) is 6.10. The number of Topliss-reactive ketones (excluding diaryl/α,β-unsaturated/α-hetero) is 1. The number of ketones is 1. The van der Waals surface area contributed by atoms with E-state index in [0.717, 1.165) is 21.9 Å². The van der Waals surface area contributed by atoms with Gasteiger partial charge in [0.1, 0.15) is 6.10 Å². The summed E-state index contributed by atoms with van der Waals surface area (Å²) in [7, 11) is 3.04. The highest BCUT2D eigenvalue weighted by atomic mass is 16.5. The van der Waals surface area contributed by atoms with Gasteiger partial charge in [-0.25, -0.2) is 0 Å². The van der Waals surface area contributed by atoms with Gasteiger partial charge in [0.25, 0.3) is 0 Å². The molecule has 0 aromatic heterocycles. The number of rotatable bonds is 2. The summed E-state index contributed by atoms with van der Waals surface area (Å²) < 4.78 is 10.5. The molecule has 0 N–H and O–H groups in total. The van der Waals surface area contributed by atoms with Gasteiger partial charge in [0.2, 0.25) is 5.78 Å². The minimum Gasteiger partial charge on any atom is -0.493 e. The monoisotopic (exact) mass is 254 g/mol. The number of hydrogen-bond donors (Lipinski definition) is 0. The van der Waals surface area contributed by atoms with E-state index >= 15 is 0 Å². The van der Waals surface area contributed by atoms with Crippen LogP contribution in [0.4, 0.5) is 0 Å². The number of methoxy groups -OCH3 is 2. The molecule has 0 radical (unpaired) electrons. The Kier molecular flexibility index (Phi) is 2.84. The second-order valence-electron chi connectivity index (χ2n) is 4.52. The smallest absolute Gasteiger partial charge is 0.230 e. The molecule has 0 spiro atoms. The summed E-state index contributed by atoms with van der Waals surface area (Å²) in [5, 5.41) is 2.24. The molecular formula is C16H14O3. The van der Waals surface area contributed by atoms with Crippen LogP contribution >= 0.6 is 0 Å². The van der Waals surface area contributed by atoms with Gasteiger partial charge in [-0.05, 0) is 40.1 Å². The van der Waals surface area contributed by atoms with E-state index < -0.39 is 6.10 Å². The van der Waals surface area contributed by atoms with Crippen LogP contribution in [0.1, 0.15) is 17.2 Å². The van der Waals surface area contributed by atoms with Crippen LogP contribution in [0.5, 0.6) is 0 Å². The molecule has 1 aliphatic rings. The Bertz CT molecular complexity index is 685. The van der Waals surface area contributed by atoms with Crippen molar-refractivity contribution in [3.63, 3.8) is 0 Å².